The van der Waals surface area contributed by atoms with E-state index in [2.05, 4.69) is 10.2 Å². The van der Waals surface area contributed by atoms with Crippen molar-refractivity contribution in [1.29, 1.82) is 10.8 Å². The van der Waals surface area contributed by atoms with Crippen LogP contribution in [0.4, 0.5) is 11.8 Å². The van der Waals surface area contributed by atoms with Gasteiger partial charge < -0.3 is 24.2 Å². The van der Waals surface area contributed by atoms with Gasteiger partial charge in [0.15, 0.2) is 11.7 Å². The first-order valence-electron chi connectivity index (χ1n) is 11.9. The Hall–Kier alpha value is -2.69. The number of rotatable bonds is 5. The molecule has 5 rings (SSSR count). The van der Waals surface area contributed by atoms with Crippen LogP contribution in [-0.4, -0.2) is 64.4 Å². The van der Waals surface area contributed by atoms with E-state index in [0.717, 1.165) is 49.5 Å². The molecule has 3 N–H and O–H groups in total. The van der Waals surface area contributed by atoms with Gasteiger partial charge in [-0.05, 0) is 49.0 Å². The van der Waals surface area contributed by atoms with Crippen molar-refractivity contribution in [2.45, 2.75) is 43.0 Å². The van der Waals surface area contributed by atoms with Crippen LogP contribution in [0.5, 0.6) is 0 Å². The number of hydrogen-bond acceptors (Lipinski definition) is 9. The summed E-state index contributed by atoms with van der Waals surface area (Å²) in [5, 5.41) is 20.0. The van der Waals surface area contributed by atoms with E-state index in [1.165, 1.54) is 0 Å². The Kier molecular flexibility index (Phi) is 6.98. The lowest BCUT2D eigenvalue weighted by Crippen LogP contribution is -2.38. The SMILES string of the molecule is N=C(OC(=N)C1CCN(c2nc3c(c(NC4CCOCC4)n2)[S+]([O-])CC3)CC1)c1ccccc1. The van der Waals surface area contributed by atoms with E-state index < -0.39 is 11.2 Å². The van der Waals surface area contributed by atoms with Crippen molar-refractivity contribution in [2.75, 3.05) is 42.3 Å². The van der Waals surface area contributed by atoms with Gasteiger partial charge in [-0.15, -0.1) is 0 Å². The standard InChI is InChI=1S/C24H30N6O3S/c25-21(16-4-2-1-3-5-16)33-22(26)17-6-11-30(12-7-17)24-28-19-10-15-34(31)20(19)23(29-24)27-18-8-13-32-14-9-18/h1-5,17-18,25-26H,6-15H2,(H,27,28,29). The number of nitrogens with one attached hydrogen (secondary N) is 3. The second kappa shape index (κ2) is 10.3. The van der Waals surface area contributed by atoms with Gasteiger partial charge in [-0.2, -0.15) is 4.98 Å². The molecule has 0 radical (unpaired) electrons. The first-order valence-corrected chi connectivity index (χ1v) is 13.2. The van der Waals surface area contributed by atoms with E-state index in [4.69, 9.17) is 30.3 Å². The predicted octanol–water partition coefficient (Wildman–Crippen LogP) is 2.97. The summed E-state index contributed by atoms with van der Waals surface area (Å²) >= 11 is -1.06. The molecule has 10 heteroatoms. The maximum absolute atomic E-state index is 12.6. The van der Waals surface area contributed by atoms with Gasteiger partial charge in [-0.3, -0.25) is 10.8 Å². The van der Waals surface area contributed by atoms with Gasteiger partial charge in [0.25, 0.3) is 0 Å². The Balaban J connectivity index is 1.24. The highest BCUT2D eigenvalue weighted by Gasteiger charge is 2.34. The van der Waals surface area contributed by atoms with Crippen LogP contribution in [-0.2, 0) is 27.1 Å². The fourth-order valence-corrected chi connectivity index (χ4v) is 5.96. The lowest BCUT2D eigenvalue weighted by Gasteiger charge is -2.32. The number of piperidine rings is 1. The molecule has 180 valence electrons. The van der Waals surface area contributed by atoms with Crippen LogP contribution in [0.1, 0.15) is 36.9 Å². The zero-order valence-electron chi connectivity index (χ0n) is 19.1. The van der Waals surface area contributed by atoms with E-state index in [1.54, 1.807) is 0 Å². The van der Waals surface area contributed by atoms with Crippen molar-refractivity contribution in [3.63, 3.8) is 0 Å². The number of ether oxygens (including phenoxy) is 2. The number of nitrogens with zero attached hydrogens (tertiary/aromatic N) is 3. The zero-order chi connectivity index (χ0) is 23.5. The van der Waals surface area contributed by atoms with Gasteiger partial charge in [0, 0.05) is 50.2 Å². The molecule has 0 spiro atoms. The molecule has 2 aromatic rings. The van der Waals surface area contributed by atoms with Crippen molar-refractivity contribution >= 4 is 34.7 Å². The molecule has 1 aromatic heterocycles. The van der Waals surface area contributed by atoms with Crippen LogP contribution < -0.4 is 10.2 Å². The van der Waals surface area contributed by atoms with Crippen molar-refractivity contribution < 1.29 is 14.0 Å². The minimum Gasteiger partial charge on any atom is -0.611 e. The highest BCUT2D eigenvalue weighted by molar-refractivity contribution is 7.91. The van der Waals surface area contributed by atoms with E-state index in [0.29, 0.717) is 42.6 Å². The topological polar surface area (TPSA) is 130 Å². The number of benzene rings is 1. The maximum Gasteiger partial charge on any atom is 0.227 e. The Bertz CT molecular complexity index is 1040. The minimum absolute atomic E-state index is 0.00631. The summed E-state index contributed by atoms with van der Waals surface area (Å²) in [6.07, 6.45) is 3.99. The third kappa shape index (κ3) is 5.03. The second-order valence-electron chi connectivity index (χ2n) is 8.90. The van der Waals surface area contributed by atoms with Crippen LogP contribution >= 0.6 is 0 Å². The normalized spacial score (nSPS) is 21.2. The van der Waals surface area contributed by atoms with Crippen LogP contribution in [0.2, 0.25) is 0 Å². The van der Waals surface area contributed by atoms with Crippen LogP contribution in [0, 0.1) is 16.7 Å². The smallest absolute Gasteiger partial charge is 0.227 e. The van der Waals surface area contributed by atoms with E-state index >= 15 is 0 Å². The molecule has 0 bridgehead atoms. The van der Waals surface area contributed by atoms with Crippen LogP contribution in [0.15, 0.2) is 35.2 Å². The molecule has 4 heterocycles. The fourth-order valence-electron chi connectivity index (χ4n) is 4.64. The molecule has 1 atom stereocenters. The Labute approximate surface area is 202 Å². The average Bonchev–Trinajstić information content (AvgIpc) is 3.26. The minimum atomic E-state index is -1.06. The summed E-state index contributed by atoms with van der Waals surface area (Å²) in [7, 11) is 0. The van der Waals surface area contributed by atoms with E-state index in [9.17, 15) is 4.55 Å². The fraction of sp³-hybridized carbons (Fsp3) is 0.500. The Morgan fingerprint density at radius 1 is 1.09 bits per heavy atom. The summed E-state index contributed by atoms with van der Waals surface area (Å²) in [6, 6.07) is 9.48. The van der Waals surface area contributed by atoms with Crippen molar-refractivity contribution in [2.24, 2.45) is 5.92 Å². The van der Waals surface area contributed by atoms with Crippen molar-refractivity contribution in [3.8, 4) is 0 Å². The summed E-state index contributed by atoms with van der Waals surface area (Å²) in [4.78, 5) is 12.5. The number of hydrogen-bond donors (Lipinski definition) is 3. The number of fused-ring (bicyclic) bond motifs is 1. The number of aromatic nitrogens is 2. The molecule has 1 aromatic carbocycles. The monoisotopic (exact) mass is 482 g/mol. The third-order valence-corrected chi connectivity index (χ3v) is 8.09. The maximum atomic E-state index is 12.6. The predicted molar refractivity (Wildman–Crippen MR) is 131 cm³/mol. The summed E-state index contributed by atoms with van der Waals surface area (Å²) < 4.78 is 23.6. The summed E-state index contributed by atoms with van der Waals surface area (Å²) in [6.45, 7) is 2.86. The lowest BCUT2D eigenvalue weighted by molar-refractivity contribution is 0.0903. The molecule has 0 amide bonds. The molecular weight excluding hydrogens is 452 g/mol. The Morgan fingerprint density at radius 2 is 1.82 bits per heavy atom. The van der Waals surface area contributed by atoms with E-state index in [1.807, 2.05) is 30.3 Å². The van der Waals surface area contributed by atoms with Crippen LogP contribution in [0.3, 0.4) is 0 Å². The molecular formula is C24H30N6O3S. The lowest BCUT2D eigenvalue weighted by atomic mass is 9.97. The molecule has 3 aliphatic rings. The summed E-state index contributed by atoms with van der Waals surface area (Å²) in [5.41, 5.74) is 1.55. The Morgan fingerprint density at radius 3 is 2.56 bits per heavy atom. The zero-order valence-corrected chi connectivity index (χ0v) is 19.9. The molecule has 2 saturated heterocycles. The van der Waals surface area contributed by atoms with Gasteiger partial charge in [0.1, 0.15) is 11.4 Å². The number of aryl methyl sites for hydroxylation is 1. The van der Waals surface area contributed by atoms with Gasteiger partial charge in [-0.1, -0.05) is 18.2 Å². The molecule has 0 aliphatic carbocycles. The first-order chi connectivity index (χ1) is 16.6. The molecule has 2 fully saturated rings. The quantitative estimate of drug-likeness (QED) is 0.339. The second-order valence-corrected chi connectivity index (χ2v) is 10.4. The van der Waals surface area contributed by atoms with Gasteiger partial charge in [0.2, 0.25) is 16.7 Å². The first kappa shape index (κ1) is 23.1. The van der Waals surface area contributed by atoms with Crippen molar-refractivity contribution in [3.05, 3.63) is 41.6 Å². The largest absolute Gasteiger partial charge is 0.611 e. The third-order valence-electron chi connectivity index (χ3n) is 6.63. The van der Waals surface area contributed by atoms with Crippen molar-refractivity contribution in [1.82, 2.24) is 9.97 Å². The van der Waals surface area contributed by atoms with E-state index in [-0.39, 0.29) is 23.8 Å². The van der Waals surface area contributed by atoms with Gasteiger partial charge >= 0.3 is 0 Å². The molecule has 3 aliphatic heterocycles. The van der Waals surface area contributed by atoms with Gasteiger partial charge in [0.05, 0.1) is 0 Å². The average molecular weight is 483 g/mol. The molecule has 0 saturated carbocycles. The molecule has 34 heavy (non-hydrogen) atoms. The van der Waals surface area contributed by atoms with Gasteiger partial charge in [-0.25, -0.2) is 4.98 Å². The number of anilines is 2. The molecule has 9 nitrogen and oxygen atoms in total. The highest BCUT2D eigenvalue weighted by atomic mass is 32.2. The summed E-state index contributed by atoms with van der Waals surface area (Å²) in [5.74, 6) is 2.07. The van der Waals surface area contributed by atoms with Crippen LogP contribution in [0.25, 0.3) is 0 Å². The molecule has 1 unspecified atom stereocenters. The highest BCUT2D eigenvalue weighted by Crippen LogP contribution is 2.34.